The molecule has 0 saturated carbocycles. The molecule has 2 heterocycles. The van der Waals surface area contributed by atoms with Crippen LogP contribution in [-0.2, 0) is 13.6 Å². The average molecular weight is 304 g/mol. The summed E-state index contributed by atoms with van der Waals surface area (Å²) in [5.41, 5.74) is 3.70. The van der Waals surface area contributed by atoms with E-state index in [2.05, 4.69) is 11.2 Å². The van der Waals surface area contributed by atoms with Crippen LogP contribution >= 0.6 is 0 Å². The van der Waals surface area contributed by atoms with Crippen molar-refractivity contribution in [1.29, 1.82) is 5.26 Å². The van der Waals surface area contributed by atoms with Crippen LogP contribution in [0.1, 0.15) is 6.42 Å². The van der Waals surface area contributed by atoms with Crippen molar-refractivity contribution in [1.82, 2.24) is 14.3 Å². The Hall–Kier alpha value is -3.13. The van der Waals surface area contributed by atoms with Crippen LogP contribution in [0.4, 0.5) is 0 Å². The van der Waals surface area contributed by atoms with E-state index in [0.29, 0.717) is 13.0 Å². The first-order chi connectivity index (χ1) is 11.2. The number of nitriles is 1. The van der Waals surface area contributed by atoms with Gasteiger partial charge in [0.15, 0.2) is 0 Å². The SMILES string of the molecule is Cn1cc(-c2cnn(CCC#N)c2)c(-c2ccccc2)cc1=O. The van der Waals surface area contributed by atoms with Gasteiger partial charge in [0.2, 0.25) is 0 Å². The highest BCUT2D eigenvalue weighted by Crippen LogP contribution is 2.30. The van der Waals surface area contributed by atoms with Gasteiger partial charge in [0.25, 0.3) is 5.56 Å². The van der Waals surface area contributed by atoms with Gasteiger partial charge >= 0.3 is 0 Å². The highest BCUT2D eigenvalue weighted by molar-refractivity contribution is 5.82. The lowest BCUT2D eigenvalue weighted by Gasteiger charge is -2.10. The molecule has 3 rings (SSSR count). The molecule has 5 nitrogen and oxygen atoms in total. The zero-order valence-electron chi connectivity index (χ0n) is 12.8. The number of hydrogen-bond donors (Lipinski definition) is 0. The minimum Gasteiger partial charge on any atom is -0.318 e. The van der Waals surface area contributed by atoms with E-state index in [1.54, 1.807) is 28.6 Å². The monoisotopic (exact) mass is 304 g/mol. The lowest BCUT2D eigenvalue weighted by Crippen LogP contribution is -2.15. The molecule has 0 unspecified atom stereocenters. The van der Waals surface area contributed by atoms with E-state index in [1.807, 2.05) is 42.7 Å². The zero-order valence-corrected chi connectivity index (χ0v) is 12.8. The quantitative estimate of drug-likeness (QED) is 0.744. The maximum Gasteiger partial charge on any atom is 0.250 e. The van der Waals surface area contributed by atoms with Crippen molar-refractivity contribution >= 4 is 0 Å². The van der Waals surface area contributed by atoms with Gasteiger partial charge in [-0.1, -0.05) is 30.3 Å². The minimum absolute atomic E-state index is 0.0514. The van der Waals surface area contributed by atoms with Gasteiger partial charge in [-0.3, -0.25) is 9.48 Å². The zero-order chi connectivity index (χ0) is 16.2. The van der Waals surface area contributed by atoms with Crippen LogP contribution < -0.4 is 5.56 Å². The molecule has 0 bridgehead atoms. The molecule has 114 valence electrons. The maximum atomic E-state index is 12.0. The molecule has 0 aliphatic heterocycles. The summed E-state index contributed by atoms with van der Waals surface area (Å²) in [6.07, 6.45) is 5.92. The predicted molar refractivity (Wildman–Crippen MR) is 88.6 cm³/mol. The molecular formula is C18H16N4O. The summed E-state index contributed by atoms with van der Waals surface area (Å²) in [4.78, 5) is 12.0. The third-order valence-corrected chi connectivity index (χ3v) is 3.71. The Bertz CT molecular complexity index is 916. The normalized spacial score (nSPS) is 10.4. The van der Waals surface area contributed by atoms with Crippen LogP contribution in [0.15, 0.2) is 59.8 Å². The molecule has 0 aliphatic carbocycles. The van der Waals surface area contributed by atoms with Crippen molar-refractivity contribution < 1.29 is 0 Å². The topological polar surface area (TPSA) is 63.6 Å². The molecule has 0 N–H and O–H groups in total. The molecule has 0 spiro atoms. The van der Waals surface area contributed by atoms with Crippen LogP contribution in [0.3, 0.4) is 0 Å². The summed E-state index contributed by atoms with van der Waals surface area (Å²) in [6, 6.07) is 13.6. The van der Waals surface area contributed by atoms with Crippen LogP contribution in [0.5, 0.6) is 0 Å². The van der Waals surface area contributed by atoms with Crippen molar-refractivity contribution in [2.75, 3.05) is 0 Å². The first kappa shape index (κ1) is 14.8. The molecule has 3 aromatic rings. The Labute approximate surface area is 134 Å². The maximum absolute atomic E-state index is 12.0. The van der Waals surface area contributed by atoms with E-state index in [1.165, 1.54) is 0 Å². The highest BCUT2D eigenvalue weighted by atomic mass is 16.1. The van der Waals surface area contributed by atoms with Gasteiger partial charge in [0.05, 0.1) is 25.2 Å². The molecule has 0 amide bonds. The lowest BCUT2D eigenvalue weighted by molar-refractivity contribution is 0.628. The molecule has 0 aliphatic rings. The molecule has 0 radical (unpaired) electrons. The third kappa shape index (κ3) is 3.06. The van der Waals surface area contributed by atoms with Gasteiger partial charge in [-0.15, -0.1) is 0 Å². The number of benzene rings is 1. The Kier molecular flexibility index (Phi) is 4.07. The number of hydrogen-bond acceptors (Lipinski definition) is 3. The average Bonchev–Trinajstić information content (AvgIpc) is 3.04. The van der Waals surface area contributed by atoms with Crippen molar-refractivity contribution in [2.24, 2.45) is 7.05 Å². The summed E-state index contributed by atoms with van der Waals surface area (Å²) in [5, 5.41) is 13.0. The Morgan fingerprint density at radius 3 is 2.65 bits per heavy atom. The largest absolute Gasteiger partial charge is 0.318 e. The molecule has 0 saturated heterocycles. The second kappa shape index (κ2) is 6.32. The summed E-state index contributed by atoms with van der Waals surface area (Å²) in [7, 11) is 1.74. The van der Waals surface area contributed by atoms with Gasteiger partial charge in [-0.2, -0.15) is 10.4 Å². The van der Waals surface area contributed by atoms with E-state index in [0.717, 1.165) is 22.3 Å². The standard InChI is InChI=1S/C18H16N4O/c1-21-13-17(15-11-20-22(12-15)9-5-8-19)16(10-18(21)23)14-6-3-2-4-7-14/h2-4,6-7,10-13H,5,9H2,1H3. The summed E-state index contributed by atoms with van der Waals surface area (Å²) >= 11 is 0. The first-order valence-corrected chi connectivity index (χ1v) is 7.35. The number of pyridine rings is 1. The lowest BCUT2D eigenvalue weighted by atomic mass is 9.98. The van der Waals surface area contributed by atoms with Crippen LogP contribution in [0.25, 0.3) is 22.3 Å². The number of rotatable bonds is 4. The second-order valence-corrected chi connectivity index (χ2v) is 5.32. The highest BCUT2D eigenvalue weighted by Gasteiger charge is 2.11. The molecule has 0 atom stereocenters. The predicted octanol–water partition coefficient (Wildman–Crippen LogP) is 2.83. The third-order valence-electron chi connectivity index (χ3n) is 3.71. The molecule has 2 aromatic heterocycles. The summed E-state index contributed by atoms with van der Waals surface area (Å²) < 4.78 is 3.31. The van der Waals surface area contributed by atoms with Gasteiger partial charge in [-0.05, 0) is 11.1 Å². The van der Waals surface area contributed by atoms with Crippen molar-refractivity contribution in [2.45, 2.75) is 13.0 Å². The summed E-state index contributed by atoms with van der Waals surface area (Å²) in [5.74, 6) is 0. The van der Waals surface area contributed by atoms with E-state index < -0.39 is 0 Å². The van der Waals surface area contributed by atoms with E-state index in [-0.39, 0.29) is 5.56 Å². The molecule has 0 fully saturated rings. The minimum atomic E-state index is -0.0514. The van der Waals surface area contributed by atoms with Crippen LogP contribution in [-0.4, -0.2) is 14.3 Å². The fraction of sp³-hybridized carbons (Fsp3) is 0.167. The fourth-order valence-corrected chi connectivity index (χ4v) is 2.51. The van der Waals surface area contributed by atoms with Gasteiger partial charge in [-0.25, -0.2) is 0 Å². The first-order valence-electron chi connectivity index (χ1n) is 7.35. The van der Waals surface area contributed by atoms with Crippen LogP contribution in [0, 0.1) is 11.3 Å². The molecule has 1 aromatic carbocycles. The molecular weight excluding hydrogens is 288 g/mol. The Morgan fingerprint density at radius 2 is 1.91 bits per heavy atom. The van der Waals surface area contributed by atoms with Gasteiger partial charge < -0.3 is 4.57 Å². The summed E-state index contributed by atoms with van der Waals surface area (Å²) in [6.45, 7) is 0.558. The number of aromatic nitrogens is 3. The second-order valence-electron chi connectivity index (χ2n) is 5.32. The number of aryl methyl sites for hydroxylation is 2. The Morgan fingerprint density at radius 1 is 1.13 bits per heavy atom. The smallest absolute Gasteiger partial charge is 0.250 e. The molecule has 23 heavy (non-hydrogen) atoms. The van der Waals surface area contributed by atoms with Crippen molar-refractivity contribution in [3.8, 4) is 28.3 Å². The van der Waals surface area contributed by atoms with E-state index in [9.17, 15) is 4.79 Å². The van der Waals surface area contributed by atoms with E-state index in [4.69, 9.17) is 5.26 Å². The number of nitrogens with zero attached hydrogens (tertiary/aromatic N) is 4. The Balaban J connectivity index is 2.11. The van der Waals surface area contributed by atoms with Crippen LogP contribution in [0.2, 0.25) is 0 Å². The van der Waals surface area contributed by atoms with Gasteiger partial charge in [0.1, 0.15) is 0 Å². The van der Waals surface area contributed by atoms with E-state index >= 15 is 0 Å². The van der Waals surface area contributed by atoms with Gasteiger partial charge in [0, 0.05) is 36.6 Å². The fourth-order valence-electron chi connectivity index (χ4n) is 2.51. The van der Waals surface area contributed by atoms with Crippen molar-refractivity contribution in [3.63, 3.8) is 0 Å². The molecule has 5 heteroatoms. The van der Waals surface area contributed by atoms with Crippen molar-refractivity contribution in [3.05, 3.63) is 65.3 Å².